The minimum atomic E-state index is 0.00821. The molecule has 1 saturated carbocycles. The van der Waals surface area contributed by atoms with E-state index < -0.39 is 0 Å². The summed E-state index contributed by atoms with van der Waals surface area (Å²) in [6.07, 6.45) is 4.90. The summed E-state index contributed by atoms with van der Waals surface area (Å²) in [5, 5.41) is 1.08. The van der Waals surface area contributed by atoms with Crippen LogP contribution in [0.5, 0.6) is 11.5 Å². The molecule has 1 fully saturated rings. The lowest BCUT2D eigenvalue weighted by Crippen LogP contribution is -2.34. The van der Waals surface area contributed by atoms with E-state index in [-0.39, 0.29) is 5.56 Å². The highest BCUT2D eigenvalue weighted by atomic mass is 16.6. The fourth-order valence-electron chi connectivity index (χ4n) is 4.53. The maximum Gasteiger partial charge on any atom is 0.252 e. The average molecular weight is 390 g/mol. The first-order chi connectivity index (χ1) is 14.3. The molecular weight excluding hydrogens is 364 g/mol. The molecular formula is C24H26N2O3. The number of pyridine rings is 1. The van der Waals surface area contributed by atoms with Crippen molar-refractivity contribution in [2.45, 2.75) is 44.8 Å². The number of H-pyrrole nitrogens is 1. The SMILES string of the molecule is O=c1[nH]c2ccccc2cc1CN(Cc1ccc2c(c1)OCCO2)C1CCCC1. The van der Waals surface area contributed by atoms with Crippen LogP contribution >= 0.6 is 0 Å². The Bertz CT molecular complexity index is 1070. The Balaban J connectivity index is 1.43. The van der Waals surface area contributed by atoms with Crippen LogP contribution in [0.15, 0.2) is 53.3 Å². The third-order valence-electron chi connectivity index (χ3n) is 6.04. The number of nitrogens with one attached hydrogen (secondary N) is 1. The summed E-state index contributed by atoms with van der Waals surface area (Å²) in [6.45, 7) is 2.65. The van der Waals surface area contributed by atoms with E-state index in [0.29, 0.717) is 25.8 Å². The molecule has 0 radical (unpaired) electrons. The van der Waals surface area contributed by atoms with E-state index in [0.717, 1.165) is 34.5 Å². The number of hydrogen-bond acceptors (Lipinski definition) is 4. The fourth-order valence-corrected chi connectivity index (χ4v) is 4.53. The van der Waals surface area contributed by atoms with Crippen LogP contribution in [-0.2, 0) is 13.1 Å². The molecule has 2 heterocycles. The van der Waals surface area contributed by atoms with Crippen molar-refractivity contribution in [3.63, 3.8) is 0 Å². The summed E-state index contributed by atoms with van der Waals surface area (Å²) in [5.41, 5.74) is 2.92. The average Bonchev–Trinajstić information content (AvgIpc) is 3.28. The van der Waals surface area contributed by atoms with Crippen molar-refractivity contribution in [2.75, 3.05) is 13.2 Å². The first-order valence-corrected chi connectivity index (χ1v) is 10.5. The monoisotopic (exact) mass is 390 g/mol. The van der Waals surface area contributed by atoms with Gasteiger partial charge in [-0.1, -0.05) is 37.1 Å². The number of hydrogen-bond donors (Lipinski definition) is 1. The number of aromatic nitrogens is 1. The lowest BCUT2D eigenvalue weighted by molar-refractivity contribution is 0.168. The van der Waals surface area contributed by atoms with Crippen LogP contribution in [0.4, 0.5) is 0 Å². The van der Waals surface area contributed by atoms with Crippen LogP contribution in [-0.4, -0.2) is 29.1 Å². The molecule has 0 spiro atoms. The van der Waals surface area contributed by atoms with Gasteiger partial charge in [0.2, 0.25) is 0 Å². The van der Waals surface area contributed by atoms with Crippen LogP contribution in [0.25, 0.3) is 10.9 Å². The molecule has 2 aliphatic rings. The Morgan fingerprint density at radius 2 is 1.72 bits per heavy atom. The van der Waals surface area contributed by atoms with Gasteiger partial charge in [-0.3, -0.25) is 9.69 Å². The highest BCUT2D eigenvalue weighted by molar-refractivity contribution is 5.78. The topological polar surface area (TPSA) is 54.6 Å². The molecule has 29 heavy (non-hydrogen) atoms. The number of benzene rings is 2. The summed E-state index contributed by atoms with van der Waals surface area (Å²) in [5.74, 6) is 1.64. The molecule has 0 saturated heterocycles. The van der Waals surface area contributed by atoms with Gasteiger partial charge in [-0.05, 0) is 48.1 Å². The molecule has 5 rings (SSSR count). The van der Waals surface area contributed by atoms with Crippen molar-refractivity contribution < 1.29 is 9.47 Å². The number of nitrogens with zero attached hydrogens (tertiary/aromatic N) is 1. The molecule has 0 atom stereocenters. The van der Waals surface area contributed by atoms with Crippen molar-refractivity contribution in [3.05, 3.63) is 70.0 Å². The van der Waals surface area contributed by atoms with E-state index in [9.17, 15) is 4.79 Å². The van der Waals surface area contributed by atoms with E-state index in [4.69, 9.17) is 9.47 Å². The van der Waals surface area contributed by atoms with Gasteiger partial charge in [0.05, 0.1) is 0 Å². The number of fused-ring (bicyclic) bond motifs is 2. The predicted octanol–water partition coefficient (Wildman–Crippen LogP) is 4.24. The molecule has 1 aromatic heterocycles. The van der Waals surface area contributed by atoms with Gasteiger partial charge < -0.3 is 14.5 Å². The lowest BCUT2D eigenvalue weighted by Gasteiger charge is -2.29. The molecule has 2 aromatic carbocycles. The molecule has 150 valence electrons. The van der Waals surface area contributed by atoms with Crippen LogP contribution in [0.1, 0.15) is 36.8 Å². The van der Waals surface area contributed by atoms with Gasteiger partial charge in [0.1, 0.15) is 13.2 Å². The third kappa shape index (κ3) is 3.87. The maximum atomic E-state index is 12.7. The second-order valence-corrected chi connectivity index (χ2v) is 8.03. The predicted molar refractivity (Wildman–Crippen MR) is 114 cm³/mol. The van der Waals surface area contributed by atoms with E-state index >= 15 is 0 Å². The highest BCUT2D eigenvalue weighted by Crippen LogP contribution is 2.32. The van der Waals surface area contributed by atoms with Crippen molar-refractivity contribution in [1.82, 2.24) is 9.88 Å². The zero-order valence-corrected chi connectivity index (χ0v) is 16.5. The molecule has 1 aliphatic carbocycles. The van der Waals surface area contributed by atoms with Gasteiger partial charge in [-0.2, -0.15) is 0 Å². The molecule has 0 bridgehead atoms. The summed E-state index contributed by atoms with van der Waals surface area (Å²) >= 11 is 0. The Morgan fingerprint density at radius 3 is 2.59 bits per heavy atom. The normalized spacial score (nSPS) is 16.6. The van der Waals surface area contributed by atoms with Gasteiger partial charge in [0.25, 0.3) is 5.56 Å². The Hall–Kier alpha value is -2.79. The summed E-state index contributed by atoms with van der Waals surface area (Å²) in [6, 6.07) is 16.7. The Labute approximate surface area is 170 Å². The van der Waals surface area contributed by atoms with Crippen molar-refractivity contribution >= 4 is 10.9 Å². The molecule has 5 nitrogen and oxygen atoms in total. The summed E-state index contributed by atoms with van der Waals surface area (Å²) in [4.78, 5) is 18.2. The van der Waals surface area contributed by atoms with Crippen molar-refractivity contribution in [2.24, 2.45) is 0 Å². The fraction of sp³-hybridized carbons (Fsp3) is 0.375. The zero-order valence-electron chi connectivity index (χ0n) is 16.5. The maximum absolute atomic E-state index is 12.7. The van der Waals surface area contributed by atoms with Gasteiger partial charge in [0.15, 0.2) is 11.5 Å². The van der Waals surface area contributed by atoms with Crippen LogP contribution in [0, 0.1) is 0 Å². The van der Waals surface area contributed by atoms with Crippen molar-refractivity contribution in [3.8, 4) is 11.5 Å². The molecule has 3 aromatic rings. The van der Waals surface area contributed by atoms with Gasteiger partial charge in [0, 0.05) is 30.2 Å². The number of para-hydroxylation sites is 1. The molecule has 0 amide bonds. The molecule has 0 unspecified atom stereocenters. The summed E-state index contributed by atoms with van der Waals surface area (Å²) < 4.78 is 11.4. The first kappa shape index (κ1) is 18.3. The van der Waals surface area contributed by atoms with E-state index in [1.54, 1.807) is 0 Å². The van der Waals surface area contributed by atoms with E-state index in [1.165, 1.54) is 31.2 Å². The van der Waals surface area contributed by atoms with Gasteiger partial charge in [-0.15, -0.1) is 0 Å². The molecule has 5 heteroatoms. The lowest BCUT2D eigenvalue weighted by atomic mass is 10.1. The summed E-state index contributed by atoms with van der Waals surface area (Å²) in [7, 11) is 0. The van der Waals surface area contributed by atoms with Crippen molar-refractivity contribution in [1.29, 1.82) is 0 Å². The highest BCUT2D eigenvalue weighted by Gasteiger charge is 2.24. The molecule has 1 N–H and O–H groups in total. The zero-order chi connectivity index (χ0) is 19.6. The third-order valence-corrected chi connectivity index (χ3v) is 6.04. The van der Waals surface area contributed by atoms with Gasteiger partial charge in [-0.25, -0.2) is 0 Å². The number of rotatable bonds is 5. The quantitative estimate of drug-likeness (QED) is 0.708. The standard InChI is InChI=1S/C24H26N2O3/c27-24-19(14-18-5-1-4-8-21(18)25-24)16-26(20-6-2-3-7-20)15-17-9-10-22-23(13-17)29-12-11-28-22/h1,4-5,8-10,13-14,20H,2-3,6-7,11-12,15-16H2,(H,25,27). The van der Waals surface area contributed by atoms with Crippen LogP contribution in [0.2, 0.25) is 0 Å². The van der Waals surface area contributed by atoms with E-state index in [1.807, 2.05) is 30.3 Å². The minimum Gasteiger partial charge on any atom is -0.486 e. The largest absolute Gasteiger partial charge is 0.486 e. The van der Waals surface area contributed by atoms with E-state index in [2.05, 4.69) is 28.1 Å². The second-order valence-electron chi connectivity index (χ2n) is 8.03. The smallest absolute Gasteiger partial charge is 0.252 e. The Kier molecular flexibility index (Phi) is 4.98. The first-order valence-electron chi connectivity index (χ1n) is 10.5. The van der Waals surface area contributed by atoms with Crippen LogP contribution < -0.4 is 15.0 Å². The van der Waals surface area contributed by atoms with Gasteiger partial charge >= 0.3 is 0 Å². The van der Waals surface area contributed by atoms with Crippen LogP contribution in [0.3, 0.4) is 0 Å². The number of aromatic amines is 1. The second kappa shape index (κ2) is 7.91. The molecule has 1 aliphatic heterocycles. The Morgan fingerprint density at radius 1 is 0.931 bits per heavy atom. The number of ether oxygens (including phenoxy) is 2. The minimum absolute atomic E-state index is 0.00821.